The van der Waals surface area contributed by atoms with Crippen LogP contribution in [0.3, 0.4) is 0 Å². The van der Waals surface area contributed by atoms with Crippen molar-refractivity contribution in [3.63, 3.8) is 0 Å². The molecule has 0 bridgehead atoms. The van der Waals surface area contributed by atoms with E-state index < -0.39 is 0 Å². The van der Waals surface area contributed by atoms with Gasteiger partial charge in [-0.2, -0.15) is 0 Å². The molecule has 0 aliphatic carbocycles. The summed E-state index contributed by atoms with van der Waals surface area (Å²) >= 11 is 2.71. The van der Waals surface area contributed by atoms with Crippen LogP contribution < -0.4 is 10.7 Å². The molecule has 0 saturated carbocycles. The molecule has 0 saturated heterocycles. The summed E-state index contributed by atoms with van der Waals surface area (Å²) in [6, 6.07) is 16.4. The maximum atomic E-state index is 13.1. The fourth-order valence-corrected chi connectivity index (χ4v) is 5.52. The lowest BCUT2D eigenvalue weighted by Crippen LogP contribution is -2.37. The van der Waals surface area contributed by atoms with Gasteiger partial charge < -0.3 is 9.88 Å². The normalized spacial score (nSPS) is 14.3. The van der Waals surface area contributed by atoms with Crippen molar-refractivity contribution in [2.45, 2.75) is 50.6 Å². The van der Waals surface area contributed by atoms with E-state index in [0.717, 1.165) is 46.3 Å². The highest BCUT2D eigenvalue weighted by Gasteiger charge is 2.23. The second kappa shape index (κ2) is 10.7. The van der Waals surface area contributed by atoms with Gasteiger partial charge in [0.25, 0.3) is 0 Å². The second-order valence-electron chi connectivity index (χ2n) is 8.48. The number of rotatable bonds is 7. The molecule has 10 heteroatoms. The quantitative estimate of drug-likeness (QED) is 0.322. The van der Waals surface area contributed by atoms with Crippen LogP contribution in [0.4, 0.5) is 0 Å². The van der Waals surface area contributed by atoms with Crippen LogP contribution in [0, 0.1) is 6.92 Å². The first-order valence-corrected chi connectivity index (χ1v) is 13.7. The Hall–Kier alpha value is -3.37. The zero-order valence-corrected chi connectivity index (χ0v) is 22.0. The monoisotopic (exact) mass is 517 g/mol. The molecule has 0 spiro atoms. The fraction of sp³-hybridized carbons (Fsp3) is 0.269. The third kappa shape index (κ3) is 4.96. The summed E-state index contributed by atoms with van der Waals surface area (Å²) in [7, 11) is 0. The van der Waals surface area contributed by atoms with Crippen LogP contribution >= 0.6 is 23.5 Å². The second-order valence-corrected chi connectivity index (χ2v) is 10.5. The predicted octanol–water partition coefficient (Wildman–Crippen LogP) is 5.29. The van der Waals surface area contributed by atoms with E-state index >= 15 is 0 Å². The van der Waals surface area contributed by atoms with E-state index in [9.17, 15) is 4.79 Å². The first kappa shape index (κ1) is 24.3. The molecule has 5 rings (SSSR count). The van der Waals surface area contributed by atoms with Gasteiger partial charge in [-0.1, -0.05) is 85.4 Å². The number of hydrogen-bond acceptors (Lipinski definition) is 8. The number of nitrogens with zero attached hydrogens (tertiary/aromatic N) is 5. The number of fused-ring (bicyclic) bond motifs is 3. The lowest BCUT2D eigenvalue weighted by atomic mass is 10.1. The van der Waals surface area contributed by atoms with Crippen LogP contribution in [0.1, 0.15) is 37.8 Å². The third-order valence-electron chi connectivity index (χ3n) is 5.87. The number of carbonyl (C=O) groups excluding carboxylic acids is 1. The van der Waals surface area contributed by atoms with Crippen molar-refractivity contribution in [1.29, 1.82) is 0 Å². The van der Waals surface area contributed by atoms with Crippen LogP contribution in [0.2, 0.25) is 0 Å². The van der Waals surface area contributed by atoms with Gasteiger partial charge in [-0.15, -0.1) is 15.3 Å². The Morgan fingerprint density at radius 1 is 1.14 bits per heavy atom. The summed E-state index contributed by atoms with van der Waals surface area (Å²) in [5.74, 6) is -0.138. The van der Waals surface area contributed by atoms with Crippen molar-refractivity contribution in [2.24, 2.45) is 5.10 Å². The van der Waals surface area contributed by atoms with Crippen LogP contribution in [0.25, 0.3) is 27.8 Å². The molecule has 0 fully saturated rings. The molecular weight excluding hydrogens is 490 g/mol. The van der Waals surface area contributed by atoms with Gasteiger partial charge in [0.05, 0.1) is 16.5 Å². The molecule has 2 aromatic carbocycles. The Bertz CT molecular complexity index is 1480. The average Bonchev–Trinajstić information content (AvgIpc) is 3.21. The van der Waals surface area contributed by atoms with Gasteiger partial charge in [0.15, 0.2) is 10.8 Å². The number of hydrogen-bond donors (Lipinski definition) is 2. The Kier molecular flexibility index (Phi) is 7.24. The van der Waals surface area contributed by atoms with Crippen LogP contribution in [-0.2, 0) is 11.3 Å². The summed E-state index contributed by atoms with van der Waals surface area (Å²) in [5.41, 5.74) is 8.87. The number of hydrazone groups is 1. The summed E-state index contributed by atoms with van der Waals surface area (Å²) in [5, 5.41) is 19.7. The van der Waals surface area contributed by atoms with Gasteiger partial charge in [-0.05, 0) is 25.8 Å². The van der Waals surface area contributed by atoms with Crippen LogP contribution in [0.15, 0.2) is 64.2 Å². The first-order valence-electron chi connectivity index (χ1n) is 11.9. The Morgan fingerprint density at radius 3 is 2.67 bits per heavy atom. The van der Waals surface area contributed by atoms with Gasteiger partial charge in [0, 0.05) is 22.9 Å². The SMILES string of the molecule is CCCn1c2ccccc2c2nnc(SC(CC)C(=O)NC3=NNC(c4ccc(C)cc4)=CS3)nc21. The van der Waals surface area contributed by atoms with Gasteiger partial charge in [0.1, 0.15) is 5.52 Å². The number of carbonyl (C=O) groups is 1. The maximum Gasteiger partial charge on any atom is 0.239 e. The Morgan fingerprint density at radius 2 is 1.94 bits per heavy atom. The molecular formula is C26H27N7OS2. The van der Waals surface area contributed by atoms with E-state index in [0.29, 0.717) is 16.7 Å². The third-order valence-corrected chi connectivity index (χ3v) is 7.86. The molecule has 2 aromatic heterocycles. The minimum Gasteiger partial charge on any atom is -0.324 e. The topological polar surface area (TPSA) is 97.1 Å². The number of thioether (sulfide) groups is 2. The predicted molar refractivity (Wildman–Crippen MR) is 149 cm³/mol. The number of aromatic nitrogens is 4. The summed E-state index contributed by atoms with van der Waals surface area (Å²) in [6.45, 7) is 7.01. The number of amides is 1. The fourth-order valence-electron chi connectivity index (χ4n) is 4.03. The highest BCUT2D eigenvalue weighted by atomic mass is 32.2. The van der Waals surface area contributed by atoms with Crippen LogP contribution in [-0.4, -0.2) is 36.1 Å². The Balaban J connectivity index is 1.29. The minimum absolute atomic E-state index is 0.138. The van der Waals surface area contributed by atoms with Crippen LogP contribution in [0.5, 0.6) is 0 Å². The molecule has 184 valence electrons. The van der Waals surface area contributed by atoms with Gasteiger partial charge in [-0.3, -0.25) is 10.2 Å². The molecule has 4 aromatic rings. The average molecular weight is 518 g/mol. The zero-order valence-electron chi connectivity index (χ0n) is 20.4. The molecule has 36 heavy (non-hydrogen) atoms. The van der Waals surface area contributed by atoms with E-state index in [4.69, 9.17) is 4.98 Å². The molecule has 0 radical (unpaired) electrons. The van der Waals surface area contributed by atoms with Gasteiger partial charge >= 0.3 is 0 Å². The molecule has 1 atom stereocenters. The van der Waals surface area contributed by atoms with E-state index in [1.807, 2.05) is 42.7 Å². The van der Waals surface area contributed by atoms with E-state index in [1.165, 1.54) is 29.1 Å². The molecule has 8 nitrogen and oxygen atoms in total. The molecule has 2 N–H and O–H groups in total. The summed E-state index contributed by atoms with van der Waals surface area (Å²) < 4.78 is 2.18. The first-order chi connectivity index (χ1) is 17.6. The van der Waals surface area contributed by atoms with Crippen molar-refractivity contribution in [1.82, 2.24) is 30.5 Å². The van der Waals surface area contributed by atoms with E-state index in [1.54, 1.807) is 0 Å². The number of benzene rings is 2. The zero-order chi connectivity index (χ0) is 25.1. The van der Waals surface area contributed by atoms with Crippen molar-refractivity contribution < 1.29 is 4.79 Å². The molecule has 1 unspecified atom stereocenters. The highest BCUT2D eigenvalue weighted by Crippen LogP contribution is 2.29. The Labute approximate surface area is 218 Å². The largest absolute Gasteiger partial charge is 0.324 e. The molecule has 1 amide bonds. The molecule has 3 heterocycles. The van der Waals surface area contributed by atoms with E-state index in [-0.39, 0.29) is 11.2 Å². The number of amidine groups is 1. The standard InChI is InChI=1S/C26H27N7OS2/c1-4-14-33-20-9-7-6-8-18(20)22-23(33)27-26(32-30-22)36-21(5-2)24(34)28-25-31-29-19(15-35-25)17-12-10-16(3)11-13-17/h6-13,15,21,29H,4-5,14H2,1-3H3,(H,28,31,34). The number of para-hydroxylation sites is 1. The number of nitrogens with one attached hydrogen (secondary N) is 2. The van der Waals surface area contributed by atoms with Gasteiger partial charge in [0.2, 0.25) is 11.1 Å². The lowest BCUT2D eigenvalue weighted by molar-refractivity contribution is -0.119. The molecule has 1 aliphatic rings. The molecule has 1 aliphatic heterocycles. The van der Waals surface area contributed by atoms with Gasteiger partial charge in [-0.25, -0.2) is 4.98 Å². The van der Waals surface area contributed by atoms with Crippen molar-refractivity contribution in [3.8, 4) is 0 Å². The smallest absolute Gasteiger partial charge is 0.239 e. The van der Waals surface area contributed by atoms with Crippen molar-refractivity contribution in [2.75, 3.05) is 0 Å². The summed E-state index contributed by atoms with van der Waals surface area (Å²) in [6.07, 6.45) is 1.60. The summed E-state index contributed by atoms with van der Waals surface area (Å²) in [4.78, 5) is 17.9. The van der Waals surface area contributed by atoms with Crippen molar-refractivity contribution in [3.05, 3.63) is 65.1 Å². The lowest BCUT2D eigenvalue weighted by Gasteiger charge is -2.17. The maximum absolute atomic E-state index is 13.1. The minimum atomic E-state index is -0.376. The number of aryl methyl sites for hydroxylation is 2. The van der Waals surface area contributed by atoms with E-state index in [2.05, 4.69) is 62.7 Å². The van der Waals surface area contributed by atoms with Crippen molar-refractivity contribution >= 4 is 62.4 Å². The highest BCUT2D eigenvalue weighted by molar-refractivity contribution is 8.16.